The highest BCUT2D eigenvalue weighted by Gasteiger charge is 2.29. The number of hydrogen-bond acceptors (Lipinski definition) is 2. The number of rotatable bonds is 5. The zero-order valence-corrected chi connectivity index (χ0v) is 10.3. The Morgan fingerprint density at radius 3 is 2.44 bits per heavy atom. The van der Waals surface area contributed by atoms with Crippen LogP contribution in [-0.2, 0) is 6.42 Å². The second-order valence-corrected chi connectivity index (χ2v) is 4.90. The largest absolute Gasteiger partial charge is 0.373 e. The van der Waals surface area contributed by atoms with Gasteiger partial charge in [0.1, 0.15) is 0 Å². The molecule has 1 atom stereocenters. The van der Waals surface area contributed by atoms with Crippen molar-refractivity contribution in [2.75, 3.05) is 18.5 Å². The lowest BCUT2D eigenvalue weighted by Gasteiger charge is -2.23. The van der Waals surface area contributed by atoms with Crippen LogP contribution in [0.4, 0.5) is 5.69 Å². The highest BCUT2D eigenvalue weighted by atomic mass is 15.1. The fraction of sp³-hybridized carbons (Fsp3) is 0.571. The Morgan fingerprint density at radius 1 is 1.31 bits per heavy atom. The number of likely N-dealkylation sites (N-methyl/N-ethyl adjacent to an activating group) is 1. The van der Waals surface area contributed by atoms with E-state index in [4.69, 9.17) is 5.73 Å². The molecule has 1 aromatic carbocycles. The Morgan fingerprint density at radius 2 is 1.94 bits per heavy atom. The van der Waals surface area contributed by atoms with Gasteiger partial charge in [-0.3, -0.25) is 0 Å². The van der Waals surface area contributed by atoms with Gasteiger partial charge in [-0.1, -0.05) is 19.1 Å². The van der Waals surface area contributed by atoms with Crippen molar-refractivity contribution in [2.45, 2.75) is 32.2 Å². The number of benzene rings is 1. The number of anilines is 1. The van der Waals surface area contributed by atoms with Crippen molar-refractivity contribution in [1.82, 2.24) is 0 Å². The minimum absolute atomic E-state index is 0.343. The van der Waals surface area contributed by atoms with E-state index in [9.17, 15) is 0 Å². The van der Waals surface area contributed by atoms with Gasteiger partial charge in [-0.2, -0.15) is 0 Å². The van der Waals surface area contributed by atoms with Crippen molar-refractivity contribution in [3.63, 3.8) is 0 Å². The molecule has 2 N–H and O–H groups in total. The average Bonchev–Trinajstić information content (AvgIpc) is 3.13. The van der Waals surface area contributed by atoms with Crippen LogP contribution in [0.5, 0.6) is 0 Å². The molecule has 1 fully saturated rings. The van der Waals surface area contributed by atoms with Crippen molar-refractivity contribution in [2.24, 2.45) is 11.7 Å². The van der Waals surface area contributed by atoms with Crippen LogP contribution >= 0.6 is 0 Å². The third-order valence-corrected chi connectivity index (χ3v) is 3.50. The fourth-order valence-electron chi connectivity index (χ4n) is 2.08. The van der Waals surface area contributed by atoms with E-state index in [1.807, 2.05) is 0 Å². The molecule has 1 unspecified atom stereocenters. The van der Waals surface area contributed by atoms with Gasteiger partial charge in [0.15, 0.2) is 0 Å². The monoisotopic (exact) mass is 218 g/mol. The van der Waals surface area contributed by atoms with E-state index < -0.39 is 0 Å². The Hall–Kier alpha value is -1.02. The molecule has 1 aliphatic carbocycles. The van der Waals surface area contributed by atoms with Crippen molar-refractivity contribution in [3.8, 4) is 0 Å². The van der Waals surface area contributed by atoms with E-state index in [1.54, 1.807) is 0 Å². The predicted molar refractivity (Wildman–Crippen MR) is 69.8 cm³/mol. The Labute approximate surface area is 98.4 Å². The summed E-state index contributed by atoms with van der Waals surface area (Å²) in [5, 5.41) is 0. The predicted octanol–water partition coefficient (Wildman–Crippen LogP) is 2.42. The zero-order chi connectivity index (χ0) is 11.5. The van der Waals surface area contributed by atoms with E-state index in [0.29, 0.717) is 6.04 Å². The molecule has 16 heavy (non-hydrogen) atoms. The van der Waals surface area contributed by atoms with Gasteiger partial charge in [0.25, 0.3) is 0 Å². The van der Waals surface area contributed by atoms with Crippen molar-refractivity contribution in [1.29, 1.82) is 0 Å². The third-order valence-electron chi connectivity index (χ3n) is 3.50. The molecule has 2 heteroatoms. The summed E-state index contributed by atoms with van der Waals surface area (Å²) in [7, 11) is 2.13. The summed E-state index contributed by atoms with van der Waals surface area (Å²) in [5.74, 6) is 0.775. The second-order valence-electron chi connectivity index (χ2n) is 4.90. The van der Waals surface area contributed by atoms with Crippen molar-refractivity contribution < 1.29 is 0 Å². The molecule has 0 aromatic heterocycles. The first-order chi connectivity index (χ1) is 7.70. The van der Waals surface area contributed by atoms with E-state index >= 15 is 0 Å². The number of nitrogens with two attached hydrogens (primary N) is 1. The van der Waals surface area contributed by atoms with Gasteiger partial charge in [0.2, 0.25) is 0 Å². The highest BCUT2D eigenvalue weighted by molar-refractivity contribution is 5.47. The van der Waals surface area contributed by atoms with Gasteiger partial charge in [0.05, 0.1) is 0 Å². The first-order valence-electron chi connectivity index (χ1n) is 6.26. The summed E-state index contributed by atoms with van der Waals surface area (Å²) in [5.41, 5.74) is 8.80. The molecule has 1 saturated carbocycles. The van der Waals surface area contributed by atoms with Crippen molar-refractivity contribution in [3.05, 3.63) is 29.8 Å². The molecular formula is C14H22N2. The second kappa shape index (κ2) is 4.88. The number of hydrogen-bond donors (Lipinski definition) is 1. The van der Waals surface area contributed by atoms with Gasteiger partial charge >= 0.3 is 0 Å². The summed E-state index contributed by atoms with van der Waals surface area (Å²) in [6.45, 7) is 3.15. The van der Waals surface area contributed by atoms with Crippen molar-refractivity contribution >= 4 is 5.69 Å². The molecule has 0 aliphatic heterocycles. The minimum atomic E-state index is 0.343. The smallest absolute Gasteiger partial charge is 0.0364 e. The summed E-state index contributed by atoms with van der Waals surface area (Å²) < 4.78 is 0. The summed E-state index contributed by atoms with van der Waals surface area (Å²) in [6.07, 6.45) is 3.75. The van der Waals surface area contributed by atoms with Crippen LogP contribution < -0.4 is 10.6 Å². The van der Waals surface area contributed by atoms with Crippen LogP contribution in [0.3, 0.4) is 0 Å². The molecular weight excluding hydrogens is 196 g/mol. The third kappa shape index (κ3) is 2.76. The van der Waals surface area contributed by atoms with E-state index in [0.717, 1.165) is 18.9 Å². The summed E-state index contributed by atoms with van der Waals surface area (Å²) in [6, 6.07) is 9.13. The molecule has 0 heterocycles. The normalized spacial score (nSPS) is 17.2. The van der Waals surface area contributed by atoms with Crippen LogP contribution in [-0.4, -0.2) is 19.6 Å². The Kier molecular flexibility index (Phi) is 3.49. The van der Waals surface area contributed by atoms with Gasteiger partial charge in [-0.15, -0.1) is 0 Å². The van der Waals surface area contributed by atoms with Gasteiger partial charge in [-0.25, -0.2) is 0 Å². The maximum Gasteiger partial charge on any atom is 0.0364 e. The average molecular weight is 218 g/mol. The minimum Gasteiger partial charge on any atom is -0.373 e. The number of aryl methyl sites for hydroxylation is 1. The molecule has 0 spiro atoms. The number of nitrogens with zero attached hydrogens (tertiary/aromatic N) is 1. The summed E-state index contributed by atoms with van der Waals surface area (Å²) >= 11 is 0. The highest BCUT2D eigenvalue weighted by Crippen LogP contribution is 2.32. The molecule has 2 nitrogen and oxygen atoms in total. The molecule has 1 aromatic rings. The maximum atomic E-state index is 6.13. The fourth-order valence-corrected chi connectivity index (χ4v) is 2.08. The zero-order valence-electron chi connectivity index (χ0n) is 10.3. The first kappa shape index (κ1) is 11.5. The standard InChI is InChI=1S/C14H22N2/c1-3-11-4-8-13(9-5-11)16(2)10-14(15)12-6-7-12/h4-5,8-9,12,14H,3,6-7,10,15H2,1-2H3. The topological polar surface area (TPSA) is 29.3 Å². The molecule has 0 bridgehead atoms. The molecule has 1 aliphatic rings. The molecule has 0 amide bonds. The Bertz CT molecular complexity index is 327. The lowest BCUT2D eigenvalue weighted by molar-refractivity contribution is 0.589. The van der Waals surface area contributed by atoms with E-state index in [-0.39, 0.29) is 0 Å². The molecule has 88 valence electrons. The van der Waals surface area contributed by atoms with Crippen LogP contribution in [0, 0.1) is 5.92 Å². The van der Waals surface area contributed by atoms with E-state index in [1.165, 1.54) is 24.1 Å². The first-order valence-corrected chi connectivity index (χ1v) is 6.26. The van der Waals surface area contributed by atoms with Crippen LogP contribution in [0.1, 0.15) is 25.3 Å². The van der Waals surface area contributed by atoms with Gasteiger partial charge in [0, 0.05) is 25.3 Å². The molecule has 2 rings (SSSR count). The Balaban J connectivity index is 1.93. The van der Waals surface area contributed by atoms with Gasteiger partial charge in [-0.05, 0) is 42.9 Å². The molecule has 0 radical (unpaired) electrons. The van der Waals surface area contributed by atoms with Gasteiger partial charge < -0.3 is 10.6 Å². The van der Waals surface area contributed by atoms with E-state index in [2.05, 4.69) is 43.1 Å². The molecule has 0 saturated heterocycles. The van der Waals surface area contributed by atoms with Crippen LogP contribution in [0.15, 0.2) is 24.3 Å². The summed E-state index contributed by atoms with van der Waals surface area (Å²) in [4.78, 5) is 2.27. The van der Waals surface area contributed by atoms with Crippen LogP contribution in [0.25, 0.3) is 0 Å². The van der Waals surface area contributed by atoms with Crippen LogP contribution in [0.2, 0.25) is 0 Å². The lowest BCUT2D eigenvalue weighted by atomic mass is 10.1. The maximum absolute atomic E-state index is 6.13. The SMILES string of the molecule is CCc1ccc(N(C)CC(N)C2CC2)cc1. The quantitative estimate of drug-likeness (QED) is 0.822. The lowest BCUT2D eigenvalue weighted by Crippen LogP contribution is -2.36.